The quantitative estimate of drug-likeness (QED) is 0.882. The normalized spacial score (nSPS) is 11.8. The smallest absolute Gasteiger partial charge is 0.271 e. The van der Waals surface area contributed by atoms with Gasteiger partial charge in [-0.3, -0.25) is 4.79 Å². The van der Waals surface area contributed by atoms with E-state index >= 15 is 0 Å². The third-order valence-electron chi connectivity index (χ3n) is 3.32. The first-order valence-electron chi connectivity index (χ1n) is 7.15. The highest BCUT2D eigenvalue weighted by molar-refractivity contribution is 6.31. The minimum atomic E-state index is -0.216. The number of hydrogen-bond acceptors (Lipinski definition) is 4. The Morgan fingerprint density at radius 1 is 1.32 bits per heavy atom. The lowest BCUT2D eigenvalue weighted by atomic mass is 10.2. The predicted molar refractivity (Wildman–Crippen MR) is 88.7 cm³/mol. The summed E-state index contributed by atoms with van der Waals surface area (Å²) >= 11 is 6.08. The highest BCUT2D eigenvalue weighted by Gasteiger charge is 2.10. The highest BCUT2D eigenvalue weighted by atomic mass is 35.5. The zero-order valence-corrected chi connectivity index (χ0v) is 13.6. The standard InChI is InChI=1S/C16H19ClN4O/c1-4-11(3)20-16(22)14-8-19-15(9-18-14)21-12-6-5-10(2)13(17)7-12/h5-9,11H,4H2,1-3H3,(H,19,21)(H,20,22). The van der Waals surface area contributed by atoms with Gasteiger partial charge in [-0.05, 0) is 38.0 Å². The van der Waals surface area contributed by atoms with Crippen LogP contribution >= 0.6 is 11.6 Å². The van der Waals surface area contributed by atoms with Crippen LogP contribution in [0.1, 0.15) is 36.3 Å². The van der Waals surface area contributed by atoms with Gasteiger partial charge in [0.15, 0.2) is 0 Å². The summed E-state index contributed by atoms with van der Waals surface area (Å²) in [6.45, 7) is 5.90. The van der Waals surface area contributed by atoms with E-state index in [4.69, 9.17) is 11.6 Å². The Hall–Kier alpha value is -2.14. The molecule has 0 saturated heterocycles. The molecule has 2 aromatic rings. The summed E-state index contributed by atoms with van der Waals surface area (Å²) in [5.74, 6) is 0.340. The molecule has 0 aliphatic heterocycles. The van der Waals surface area contributed by atoms with Crippen molar-refractivity contribution in [1.82, 2.24) is 15.3 Å². The number of nitrogens with one attached hydrogen (secondary N) is 2. The van der Waals surface area contributed by atoms with Crippen LogP contribution in [-0.2, 0) is 0 Å². The Bertz CT molecular complexity index is 658. The molecule has 6 heteroatoms. The maximum Gasteiger partial charge on any atom is 0.271 e. The fourth-order valence-electron chi connectivity index (χ4n) is 1.73. The molecule has 2 rings (SSSR count). The fraction of sp³-hybridized carbons (Fsp3) is 0.312. The van der Waals surface area contributed by atoms with Gasteiger partial charge < -0.3 is 10.6 Å². The summed E-state index contributed by atoms with van der Waals surface area (Å²) in [4.78, 5) is 20.2. The average Bonchev–Trinajstić information content (AvgIpc) is 2.51. The van der Waals surface area contributed by atoms with E-state index < -0.39 is 0 Å². The molecule has 0 aliphatic rings. The lowest BCUT2D eigenvalue weighted by Crippen LogP contribution is -2.32. The number of benzene rings is 1. The summed E-state index contributed by atoms with van der Waals surface area (Å²) in [6, 6.07) is 5.77. The summed E-state index contributed by atoms with van der Waals surface area (Å²) in [7, 11) is 0. The maximum absolute atomic E-state index is 11.9. The van der Waals surface area contributed by atoms with Crippen LogP contribution in [0.5, 0.6) is 0 Å². The van der Waals surface area contributed by atoms with Crippen LogP contribution < -0.4 is 10.6 Å². The number of rotatable bonds is 5. The molecule has 0 saturated carbocycles. The Morgan fingerprint density at radius 2 is 2.09 bits per heavy atom. The van der Waals surface area contributed by atoms with Gasteiger partial charge in [-0.25, -0.2) is 9.97 Å². The number of carbonyl (C=O) groups is 1. The minimum absolute atomic E-state index is 0.113. The van der Waals surface area contributed by atoms with Gasteiger partial charge in [-0.15, -0.1) is 0 Å². The van der Waals surface area contributed by atoms with Gasteiger partial charge in [0.05, 0.1) is 12.4 Å². The fourth-order valence-corrected chi connectivity index (χ4v) is 1.91. The zero-order valence-electron chi connectivity index (χ0n) is 12.9. The zero-order chi connectivity index (χ0) is 16.1. The first-order chi connectivity index (χ1) is 10.5. The number of nitrogens with zero attached hydrogens (tertiary/aromatic N) is 2. The molecule has 1 atom stereocenters. The molecule has 116 valence electrons. The first kappa shape index (κ1) is 16.2. The van der Waals surface area contributed by atoms with Gasteiger partial charge in [0.2, 0.25) is 0 Å². The van der Waals surface area contributed by atoms with Gasteiger partial charge >= 0.3 is 0 Å². The van der Waals surface area contributed by atoms with E-state index in [-0.39, 0.29) is 11.9 Å². The van der Waals surface area contributed by atoms with E-state index in [0.29, 0.717) is 16.5 Å². The van der Waals surface area contributed by atoms with Gasteiger partial charge in [0, 0.05) is 16.8 Å². The number of amides is 1. The second kappa shape index (κ2) is 7.22. The number of aromatic nitrogens is 2. The molecule has 1 heterocycles. The number of aryl methyl sites for hydroxylation is 1. The number of hydrogen-bond donors (Lipinski definition) is 2. The Labute approximate surface area is 135 Å². The van der Waals surface area contributed by atoms with Crippen LogP contribution in [0, 0.1) is 6.92 Å². The summed E-state index contributed by atoms with van der Waals surface area (Å²) in [5, 5.41) is 6.63. The van der Waals surface area contributed by atoms with Gasteiger partial charge in [-0.2, -0.15) is 0 Å². The lowest BCUT2D eigenvalue weighted by Gasteiger charge is -2.11. The predicted octanol–water partition coefficient (Wildman–Crippen LogP) is 3.71. The molecule has 1 aromatic heterocycles. The van der Waals surface area contributed by atoms with Crippen LogP contribution in [-0.4, -0.2) is 21.9 Å². The summed E-state index contributed by atoms with van der Waals surface area (Å²) < 4.78 is 0. The molecule has 0 bridgehead atoms. The first-order valence-corrected chi connectivity index (χ1v) is 7.53. The Kier molecular flexibility index (Phi) is 5.33. The largest absolute Gasteiger partial charge is 0.348 e. The van der Waals surface area contributed by atoms with Crippen molar-refractivity contribution >= 4 is 29.0 Å². The second-order valence-electron chi connectivity index (χ2n) is 5.16. The van der Waals surface area contributed by atoms with Crippen molar-refractivity contribution in [1.29, 1.82) is 0 Å². The molecule has 0 radical (unpaired) electrons. The maximum atomic E-state index is 11.9. The van der Waals surface area contributed by atoms with Crippen molar-refractivity contribution in [2.24, 2.45) is 0 Å². The van der Waals surface area contributed by atoms with Crippen molar-refractivity contribution in [3.05, 3.63) is 46.9 Å². The molecule has 5 nitrogen and oxygen atoms in total. The van der Waals surface area contributed by atoms with Gasteiger partial charge in [-0.1, -0.05) is 24.6 Å². The van der Waals surface area contributed by atoms with Crippen LogP contribution in [0.4, 0.5) is 11.5 Å². The molecule has 0 spiro atoms. The van der Waals surface area contributed by atoms with Gasteiger partial charge in [0.1, 0.15) is 11.5 Å². The number of halogens is 1. The second-order valence-corrected chi connectivity index (χ2v) is 5.57. The molecular formula is C16H19ClN4O. The third-order valence-corrected chi connectivity index (χ3v) is 3.73. The van der Waals surface area contributed by atoms with E-state index in [1.165, 1.54) is 12.4 Å². The molecule has 0 aliphatic carbocycles. The van der Waals surface area contributed by atoms with Crippen LogP contribution in [0.15, 0.2) is 30.6 Å². The van der Waals surface area contributed by atoms with Gasteiger partial charge in [0.25, 0.3) is 5.91 Å². The molecule has 22 heavy (non-hydrogen) atoms. The molecule has 0 fully saturated rings. The molecule has 1 amide bonds. The summed E-state index contributed by atoms with van der Waals surface area (Å²) in [5.41, 5.74) is 2.13. The van der Waals surface area contributed by atoms with Crippen LogP contribution in [0.3, 0.4) is 0 Å². The number of anilines is 2. The molecule has 2 N–H and O–H groups in total. The van der Waals surface area contributed by atoms with Crippen LogP contribution in [0.25, 0.3) is 0 Å². The molecule has 1 unspecified atom stereocenters. The lowest BCUT2D eigenvalue weighted by molar-refractivity contribution is 0.0934. The monoisotopic (exact) mass is 318 g/mol. The Balaban J connectivity index is 2.05. The minimum Gasteiger partial charge on any atom is -0.348 e. The Morgan fingerprint density at radius 3 is 2.68 bits per heavy atom. The van der Waals surface area contributed by atoms with Crippen molar-refractivity contribution in [3.63, 3.8) is 0 Å². The average molecular weight is 319 g/mol. The van der Waals surface area contributed by atoms with E-state index in [1.54, 1.807) is 0 Å². The summed E-state index contributed by atoms with van der Waals surface area (Å²) in [6.07, 6.45) is 3.85. The third kappa shape index (κ3) is 4.18. The van der Waals surface area contributed by atoms with Crippen molar-refractivity contribution in [3.8, 4) is 0 Å². The number of carbonyl (C=O) groups excluding carboxylic acids is 1. The topological polar surface area (TPSA) is 66.9 Å². The van der Waals surface area contributed by atoms with Crippen molar-refractivity contribution in [2.45, 2.75) is 33.2 Å². The van der Waals surface area contributed by atoms with E-state index in [1.807, 2.05) is 39.0 Å². The van der Waals surface area contributed by atoms with E-state index in [9.17, 15) is 4.79 Å². The van der Waals surface area contributed by atoms with Crippen molar-refractivity contribution in [2.75, 3.05) is 5.32 Å². The van der Waals surface area contributed by atoms with E-state index in [2.05, 4.69) is 20.6 Å². The van der Waals surface area contributed by atoms with E-state index in [0.717, 1.165) is 17.7 Å². The molecule has 1 aromatic carbocycles. The SMILES string of the molecule is CCC(C)NC(=O)c1cnc(Nc2ccc(C)c(Cl)c2)cn1. The highest BCUT2D eigenvalue weighted by Crippen LogP contribution is 2.22. The molecular weight excluding hydrogens is 300 g/mol. The van der Waals surface area contributed by atoms with Crippen molar-refractivity contribution < 1.29 is 4.79 Å². The van der Waals surface area contributed by atoms with Crippen LogP contribution in [0.2, 0.25) is 5.02 Å².